The second-order valence-electron chi connectivity index (χ2n) is 3.09. The zero-order chi connectivity index (χ0) is 10.2. The van der Waals surface area contributed by atoms with Gasteiger partial charge in [-0.05, 0) is 12.5 Å². The maximum Gasteiger partial charge on any atom is 0.381 e. The molecule has 0 N–H and O–H groups in total. The van der Waals surface area contributed by atoms with Crippen LogP contribution >= 0.6 is 0 Å². The van der Waals surface area contributed by atoms with E-state index in [1.807, 2.05) is 31.2 Å². The summed E-state index contributed by atoms with van der Waals surface area (Å²) in [7, 11) is -3.67. The Morgan fingerprint density at radius 1 is 1.29 bits per heavy atom. The van der Waals surface area contributed by atoms with Crippen molar-refractivity contribution in [2.45, 2.75) is 6.92 Å². The van der Waals surface area contributed by atoms with Gasteiger partial charge >= 0.3 is 10.3 Å². The van der Waals surface area contributed by atoms with Crippen LogP contribution in [0.15, 0.2) is 28.7 Å². The third-order valence-electron chi connectivity index (χ3n) is 1.95. The van der Waals surface area contributed by atoms with Gasteiger partial charge in [-0.15, -0.1) is 4.40 Å². The lowest BCUT2D eigenvalue weighted by Crippen LogP contribution is -2.02. The van der Waals surface area contributed by atoms with Crippen molar-refractivity contribution in [2.24, 2.45) is 4.40 Å². The van der Waals surface area contributed by atoms with Crippen molar-refractivity contribution in [1.29, 1.82) is 0 Å². The molecule has 2 rings (SSSR count). The van der Waals surface area contributed by atoms with Crippen molar-refractivity contribution in [3.8, 4) is 0 Å². The summed E-state index contributed by atoms with van der Waals surface area (Å²) in [5.74, 6) is 0. The monoisotopic (exact) mass is 211 g/mol. The third-order valence-corrected chi connectivity index (χ3v) is 2.81. The zero-order valence-electron chi connectivity index (χ0n) is 7.60. The molecule has 4 nitrogen and oxygen atoms in total. The van der Waals surface area contributed by atoms with Gasteiger partial charge in [0.05, 0.1) is 5.71 Å². The molecule has 1 aromatic carbocycles. The molecule has 0 unspecified atom stereocenters. The summed E-state index contributed by atoms with van der Waals surface area (Å²) in [6.07, 6.45) is 0. The first kappa shape index (κ1) is 9.36. The van der Waals surface area contributed by atoms with Crippen LogP contribution in [-0.2, 0) is 14.5 Å². The Bertz CT molecular complexity index is 473. The largest absolute Gasteiger partial charge is 0.381 e. The summed E-state index contributed by atoms with van der Waals surface area (Å²) in [5.41, 5.74) is 2.37. The van der Waals surface area contributed by atoms with Crippen LogP contribution in [0.2, 0.25) is 0 Å². The van der Waals surface area contributed by atoms with Gasteiger partial charge in [0.15, 0.2) is 0 Å². The van der Waals surface area contributed by atoms with E-state index >= 15 is 0 Å². The minimum atomic E-state index is -3.67. The maximum absolute atomic E-state index is 10.9. The molecule has 0 saturated carbocycles. The average Bonchev–Trinajstić information content (AvgIpc) is 2.47. The fourth-order valence-corrected chi connectivity index (χ4v) is 1.94. The van der Waals surface area contributed by atoms with Crippen LogP contribution in [0.25, 0.3) is 0 Å². The van der Waals surface area contributed by atoms with E-state index in [9.17, 15) is 8.42 Å². The number of benzene rings is 1. The van der Waals surface area contributed by atoms with Crippen molar-refractivity contribution in [3.05, 3.63) is 35.4 Å². The lowest BCUT2D eigenvalue weighted by molar-refractivity contribution is 0.382. The van der Waals surface area contributed by atoms with Crippen LogP contribution in [0.1, 0.15) is 11.1 Å². The van der Waals surface area contributed by atoms with Crippen molar-refractivity contribution in [1.82, 2.24) is 0 Å². The standard InChI is InChI=1S/C9H9NO3S/c1-7-2-4-8(5-3-7)9-6-13-14(11,12)10-9/h2-5H,6H2,1H3. The minimum absolute atomic E-state index is 0.0331. The van der Waals surface area contributed by atoms with Crippen LogP contribution < -0.4 is 0 Å². The van der Waals surface area contributed by atoms with Gasteiger partial charge in [-0.1, -0.05) is 29.8 Å². The van der Waals surface area contributed by atoms with Crippen LogP contribution in [0.4, 0.5) is 0 Å². The second-order valence-corrected chi connectivity index (χ2v) is 4.37. The summed E-state index contributed by atoms with van der Waals surface area (Å²) < 4.78 is 29.7. The maximum atomic E-state index is 10.9. The van der Waals surface area contributed by atoms with E-state index in [0.717, 1.165) is 11.1 Å². The highest BCUT2D eigenvalue weighted by Crippen LogP contribution is 2.13. The molecule has 1 heterocycles. The van der Waals surface area contributed by atoms with E-state index in [1.54, 1.807) is 0 Å². The first-order valence-corrected chi connectivity index (χ1v) is 5.48. The van der Waals surface area contributed by atoms with Crippen LogP contribution in [0.5, 0.6) is 0 Å². The Morgan fingerprint density at radius 3 is 2.43 bits per heavy atom. The van der Waals surface area contributed by atoms with Crippen molar-refractivity contribution in [3.63, 3.8) is 0 Å². The third kappa shape index (κ3) is 1.83. The predicted molar refractivity (Wildman–Crippen MR) is 52.6 cm³/mol. The van der Waals surface area contributed by atoms with E-state index in [0.29, 0.717) is 5.71 Å². The highest BCUT2D eigenvalue weighted by molar-refractivity contribution is 7.85. The van der Waals surface area contributed by atoms with Gasteiger partial charge in [-0.2, -0.15) is 8.42 Å². The normalized spacial score (nSPS) is 19.4. The molecule has 0 amide bonds. The molecule has 0 bridgehead atoms. The topological polar surface area (TPSA) is 55.7 Å². The zero-order valence-corrected chi connectivity index (χ0v) is 8.41. The Balaban J connectivity index is 2.38. The molecular formula is C9H9NO3S. The van der Waals surface area contributed by atoms with Crippen molar-refractivity contribution in [2.75, 3.05) is 6.61 Å². The summed E-state index contributed by atoms with van der Waals surface area (Å²) in [5, 5.41) is 0. The molecule has 5 heteroatoms. The molecule has 1 aromatic rings. The van der Waals surface area contributed by atoms with Gasteiger partial charge in [-0.3, -0.25) is 0 Å². The molecule has 0 aromatic heterocycles. The number of aryl methyl sites for hydroxylation is 1. The van der Waals surface area contributed by atoms with E-state index in [1.165, 1.54) is 0 Å². The summed E-state index contributed by atoms with van der Waals surface area (Å²) in [6, 6.07) is 7.47. The van der Waals surface area contributed by atoms with Crippen LogP contribution in [0, 0.1) is 6.92 Å². The number of hydrogen-bond acceptors (Lipinski definition) is 3. The Hall–Kier alpha value is -1.20. The van der Waals surface area contributed by atoms with Gasteiger partial charge in [0.2, 0.25) is 0 Å². The van der Waals surface area contributed by atoms with Gasteiger partial charge in [0.1, 0.15) is 6.61 Å². The van der Waals surface area contributed by atoms with Gasteiger partial charge < -0.3 is 0 Å². The van der Waals surface area contributed by atoms with Gasteiger partial charge in [0, 0.05) is 0 Å². The number of hydrogen-bond donors (Lipinski definition) is 0. The van der Waals surface area contributed by atoms with Gasteiger partial charge in [-0.25, -0.2) is 4.18 Å². The average molecular weight is 211 g/mol. The first-order chi connectivity index (χ1) is 6.57. The molecule has 0 spiro atoms. The van der Waals surface area contributed by atoms with E-state index < -0.39 is 10.3 Å². The molecule has 0 fully saturated rings. The van der Waals surface area contributed by atoms with Gasteiger partial charge in [0.25, 0.3) is 0 Å². The van der Waals surface area contributed by atoms with Crippen molar-refractivity contribution >= 4 is 16.0 Å². The smallest absolute Gasteiger partial charge is 0.246 e. The minimum Gasteiger partial charge on any atom is -0.246 e. The fraction of sp³-hybridized carbons (Fsp3) is 0.222. The summed E-state index contributed by atoms with van der Waals surface area (Å²) >= 11 is 0. The summed E-state index contributed by atoms with van der Waals surface area (Å²) in [4.78, 5) is 0. The number of rotatable bonds is 1. The molecular weight excluding hydrogens is 202 g/mol. The second kappa shape index (κ2) is 3.18. The quantitative estimate of drug-likeness (QED) is 0.698. The lowest BCUT2D eigenvalue weighted by Gasteiger charge is -1.97. The molecule has 0 aliphatic carbocycles. The molecule has 74 valence electrons. The highest BCUT2D eigenvalue weighted by atomic mass is 32.2. The SMILES string of the molecule is Cc1ccc(C2=NS(=O)(=O)OC2)cc1. The molecule has 0 radical (unpaired) electrons. The van der Waals surface area contributed by atoms with E-state index in [4.69, 9.17) is 0 Å². The first-order valence-electron chi connectivity index (χ1n) is 4.12. The van der Waals surface area contributed by atoms with Crippen LogP contribution in [0.3, 0.4) is 0 Å². The molecule has 1 aliphatic rings. The number of nitrogens with zero attached hydrogens (tertiary/aromatic N) is 1. The Labute approximate surface area is 82.5 Å². The predicted octanol–water partition coefficient (Wildman–Crippen LogP) is 1.06. The van der Waals surface area contributed by atoms with Crippen LogP contribution in [-0.4, -0.2) is 20.7 Å². The Kier molecular flexibility index (Phi) is 2.13. The highest BCUT2D eigenvalue weighted by Gasteiger charge is 2.21. The molecule has 1 aliphatic heterocycles. The van der Waals surface area contributed by atoms with E-state index in [2.05, 4.69) is 8.58 Å². The fourth-order valence-electron chi connectivity index (χ4n) is 1.20. The van der Waals surface area contributed by atoms with E-state index in [-0.39, 0.29) is 6.61 Å². The van der Waals surface area contributed by atoms with Crippen molar-refractivity contribution < 1.29 is 12.6 Å². The molecule has 0 saturated heterocycles. The summed E-state index contributed by atoms with van der Waals surface area (Å²) in [6.45, 7) is 2.00. The lowest BCUT2D eigenvalue weighted by atomic mass is 10.1. The molecule has 14 heavy (non-hydrogen) atoms. The Morgan fingerprint density at radius 2 is 1.93 bits per heavy atom. The molecule has 0 atom stereocenters.